The maximum atomic E-state index is 13.7. The van der Waals surface area contributed by atoms with Crippen molar-refractivity contribution in [1.29, 1.82) is 0 Å². The normalized spacial score (nSPS) is 16.3. The molecule has 0 bridgehead atoms. The van der Waals surface area contributed by atoms with E-state index in [2.05, 4.69) is 0 Å². The lowest BCUT2D eigenvalue weighted by Gasteiger charge is -2.13. The van der Waals surface area contributed by atoms with E-state index in [1.54, 1.807) is 19.1 Å². The highest BCUT2D eigenvalue weighted by molar-refractivity contribution is 5.70. The number of aliphatic carboxylic acids is 1. The van der Waals surface area contributed by atoms with E-state index in [-0.39, 0.29) is 12.2 Å². The Bertz CT molecular complexity index is 441. The lowest BCUT2D eigenvalue weighted by molar-refractivity contribution is -0.141. The van der Waals surface area contributed by atoms with Crippen LogP contribution in [-0.4, -0.2) is 17.7 Å². The average molecular weight is 252 g/mol. The van der Waals surface area contributed by atoms with E-state index in [0.717, 1.165) is 12.8 Å². The minimum atomic E-state index is -0.882. The maximum Gasteiger partial charge on any atom is 0.306 e. The molecule has 18 heavy (non-hydrogen) atoms. The van der Waals surface area contributed by atoms with Crippen LogP contribution in [0.4, 0.5) is 4.39 Å². The second kappa shape index (κ2) is 5.38. The van der Waals surface area contributed by atoms with Crippen LogP contribution in [0.15, 0.2) is 18.2 Å². The molecule has 0 amide bonds. The molecule has 1 aliphatic rings. The van der Waals surface area contributed by atoms with Crippen LogP contribution in [0.2, 0.25) is 0 Å². The van der Waals surface area contributed by atoms with Gasteiger partial charge in [-0.05, 0) is 36.8 Å². The Kier molecular flexibility index (Phi) is 3.84. The summed E-state index contributed by atoms with van der Waals surface area (Å²) >= 11 is 0. The first-order valence-electron chi connectivity index (χ1n) is 6.21. The molecule has 3 nitrogen and oxygen atoms in total. The topological polar surface area (TPSA) is 46.5 Å². The molecule has 4 heteroatoms. The average Bonchev–Trinajstić information content (AvgIpc) is 3.12. The van der Waals surface area contributed by atoms with Crippen LogP contribution >= 0.6 is 0 Å². The van der Waals surface area contributed by atoms with Gasteiger partial charge in [-0.25, -0.2) is 4.39 Å². The number of halogens is 1. The van der Waals surface area contributed by atoms with Gasteiger partial charge in [0, 0.05) is 0 Å². The van der Waals surface area contributed by atoms with Gasteiger partial charge in [0.05, 0.1) is 12.5 Å². The van der Waals surface area contributed by atoms with Gasteiger partial charge in [0.15, 0.2) is 11.6 Å². The van der Waals surface area contributed by atoms with Crippen molar-refractivity contribution < 1.29 is 19.0 Å². The fourth-order valence-corrected chi connectivity index (χ4v) is 1.78. The lowest BCUT2D eigenvalue weighted by Crippen LogP contribution is -2.14. The zero-order valence-corrected chi connectivity index (χ0v) is 10.4. The molecule has 0 radical (unpaired) electrons. The van der Waals surface area contributed by atoms with Gasteiger partial charge in [0.1, 0.15) is 0 Å². The van der Waals surface area contributed by atoms with Gasteiger partial charge in [-0.15, -0.1) is 0 Å². The Balaban J connectivity index is 2.11. The molecular formula is C14H17FO3. The Morgan fingerprint density at radius 1 is 1.56 bits per heavy atom. The Labute approximate surface area is 106 Å². The molecule has 1 atom stereocenters. The van der Waals surface area contributed by atoms with Crippen molar-refractivity contribution in [1.82, 2.24) is 0 Å². The number of ether oxygens (including phenoxy) is 1. The van der Waals surface area contributed by atoms with E-state index in [9.17, 15) is 9.18 Å². The Morgan fingerprint density at radius 3 is 2.89 bits per heavy atom. The van der Waals surface area contributed by atoms with Gasteiger partial charge in [-0.3, -0.25) is 4.79 Å². The van der Waals surface area contributed by atoms with Crippen molar-refractivity contribution in [3.8, 4) is 5.75 Å². The summed E-state index contributed by atoms with van der Waals surface area (Å²) in [7, 11) is 0. The fraction of sp³-hybridized carbons (Fsp3) is 0.500. The van der Waals surface area contributed by atoms with Crippen LogP contribution in [-0.2, 0) is 11.2 Å². The molecule has 2 rings (SSSR count). The van der Waals surface area contributed by atoms with Gasteiger partial charge in [-0.2, -0.15) is 0 Å². The number of carbonyl (C=O) groups is 1. The predicted octanol–water partition coefficient (Wildman–Crippen LogP) is 2.88. The summed E-state index contributed by atoms with van der Waals surface area (Å²) in [5.74, 6) is -1.08. The summed E-state index contributed by atoms with van der Waals surface area (Å²) in [6.45, 7) is 2.13. The second-order valence-electron chi connectivity index (χ2n) is 4.93. The van der Waals surface area contributed by atoms with E-state index >= 15 is 0 Å². The molecular weight excluding hydrogens is 235 g/mol. The van der Waals surface area contributed by atoms with Crippen molar-refractivity contribution in [2.45, 2.75) is 26.2 Å². The zero-order chi connectivity index (χ0) is 13.1. The predicted molar refractivity (Wildman–Crippen MR) is 65.1 cm³/mol. The third-order valence-corrected chi connectivity index (χ3v) is 3.16. The second-order valence-corrected chi connectivity index (χ2v) is 4.93. The molecule has 1 saturated carbocycles. The molecule has 1 fully saturated rings. The third-order valence-electron chi connectivity index (χ3n) is 3.16. The molecule has 0 spiro atoms. The molecule has 1 aromatic rings. The van der Waals surface area contributed by atoms with Crippen molar-refractivity contribution in [3.05, 3.63) is 29.6 Å². The van der Waals surface area contributed by atoms with Crippen LogP contribution in [0.25, 0.3) is 0 Å². The van der Waals surface area contributed by atoms with E-state index in [0.29, 0.717) is 18.1 Å². The maximum absolute atomic E-state index is 13.7. The standard InChI is InChI=1S/C14H17FO3/c1-9(14(16)17)7-11-3-2-4-12(15)13(11)18-8-10-5-6-10/h2-4,9-10H,5-8H2,1H3,(H,16,17). The first-order valence-corrected chi connectivity index (χ1v) is 6.21. The Hall–Kier alpha value is -1.58. The van der Waals surface area contributed by atoms with Crippen LogP contribution in [0.3, 0.4) is 0 Å². The quantitative estimate of drug-likeness (QED) is 0.846. The SMILES string of the molecule is CC(Cc1cccc(F)c1OCC1CC1)C(=O)O. The summed E-state index contributed by atoms with van der Waals surface area (Å²) in [5.41, 5.74) is 0.630. The molecule has 1 unspecified atom stereocenters. The van der Waals surface area contributed by atoms with E-state index in [1.165, 1.54) is 6.07 Å². The van der Waals surface area contributed by atoms with Gasteiger partial charge >= 0.3 is 5.97 Å². The van der Waals surface area contributed by atoms with Crippen molar-refractivity contribution >= 4 is 5.97 Å². The van der Waals surface area contributed by atoms with Gasteiger partial charge < -0.3 is 9.84 Å². The number of hydrogen-bond donors (Lipinski definition) is 1. The first-order chi connectivity index (χ1) is 8.58. The highest BCUT2D eigenvalue weighted by Gasteiger charge is 2.24. The first kappa shape index (κ1) is 12.9. The Morgan fingerprint density at radius 2 is 2.28 bits per heavy atom. The number of rotatable bonds is 6. The minimum Gasteiger partial charge on any atom is -0.490 e. The smallest absolute Gasteiger partial charge is 0.306 e. The number of para-hydroxylation sites is 1. The summed E-state index contributed by atoms with van der Waals surface area (Å²) in [4.78, 5) is 10.8. The van der Waals surface area contributed by atoms with E-state index in [1.807, 2.05) is 0 Å². The number of benzene rings is 1. The highest BCUT2D eigenvalue weighted by atomic mass is 19.1. The molecule has 0 aliphatic heterocycles. The van der Waals surface area contributed by atoms with Crippen molar-refractivity contribution in [2.75, 3.05) is 6.61 Å². The van der Waals surface area contributed by atoms with Crippen LogP contribution in [0.1, 0.15) is 25.3 Å². The number of carboxylic acids is 1. The molecule has 98 valence electrons. The van der Waals surface area contributed by atoms with Crippen LogP contribution in [0.5, 0.6) is 5.75 Å². The minimum absolute atomic E-state index is 0.220. The van der Waals surface area contributed by atoms with Crippen LogP contribution in [0, 0.1) is 17.7 Å². The fourth-order valence-electron chi connectivity index (χ4n) is 1.78. The summed E-state index contributed by atoms with van der Waals surface area (Å²) in [5, 5.41) is 8.90. The van der Waals surface area contributed by atoms with Crippen LogP contribution < -0.4 is 4.74 Å². The summed E-state index contributed by atoms with van der Waals surface area (Å²) in [6.07, 6.45) is 2.55. The van der Waals surface area contributed by atoms with Gasteiger partial charge in [0.2, 0.25) is 0 Å². The molecule has 1 aliphatic carbocycles. The third kappa shape index (κ3) is 3.22. The van der Waals surface area contributed by atoms with Gasteiger partial charge in [-0.1, -0.05) is 19.1 Å². The molecule has 0 saturated heterocycles. The number of hydrogen-bond acceptors (Lipinski definition) is 2. The van der Waals surface area contributed by atoms with E-state index in [4.69, 9.17) is 9.84 Å². The largest absolute Gasteiger partial charge is 0.490 e. The zero-order valence-electron chi connectivity index (χ0n) is 10.4. The monoisotopic (exact) mass is 252 g/mol. The molecule has 0 aromatic heterocycles. The lowest BCUT2D eigenvalue weighted by atomic mass is 10.0. The number of carboxylic acid groups (broad SMARTS) is 1. The van der Waals surface area contributed by atoms with Gasteiger partial charge in [0.25, 0.3) is 0 Å². The van der Waals surface area contributed by atoms with Crippen molar-refractivity contribution in [3.63, 3.8) is 0 Å². The molecule has 1 aromatic carbocycles. The highest BCUT2D eigenvalue weighted by Crippen LogP contribution is 2.32. The molecule has 1 N–H and O–H groups in total. The molecule has 0 heterocycles. The summed E-state index contributed by atoms with van der Waals surface area (Å²) in [6, 6.07) is 4.66. The van der Waals surface area contributed by atoms with E-state index < -0.39 is 17.7 Å². The van der Waals surface area contributed by atoms with Crippen molar-refractivity contribution in [2.24, 2.45) is 11.8 Å². The summed E-state index contributed by atoms with van der Waals surface area (Å²) < 4.78 is 19.2.